The lowest BCUT2D eigenvalue weighted by molar-refractivity contribution is 0.685. The molecule has 0 amide bonds. The average molecular weight is 367 g/mol. The number of nitrogens with zero attached hydrogens (tertiary/aromatic N) is 7. The van der Waals surface area contributed by atoms with E-state index in [0.29, 0.717) is 11.5 Å². The summed E-state index contributed by atoms with van der Waals surface area (Å²) in [6.45, 7) is 2.77. The van der Waals surface area contributed by atoms with Gasteiger partial charge in [-0.2, -0.15) is 4.37 Å². The van der Waals surface area contributed by atoms with Crippen molar-refractivity contribution >= 4 is 23.3 Å². The third-order valence-corrected chi connectivity index (χ3v) is 5.18. The van der Waals surface area contributed by atoms with Crippen LogP contribution < -0.4 is 0 Å². The van der Waals surface area contributed by atoms with Crippen LogP contribution in [0.4, 0.5) is 0 Å². The van der Waals surface area contributed by atoms with E-state index in [1.54, 1.807) is 18.6 Å². The second-order valence-electron chi connectivity index (χ2n) is 4.99. The topological polar surface area (TPSA) is 82.3 Å². The van der Waals surface area contributed by atoms with Gasteiger partial charge in [0.2, 0.25) is 0 Å². The highest BCUT2D eigenvalue weighted by molar-refractivity contribution is 8.00. The largest absolute Gasteiger partial charge is 0.301 e. The lowest BCUT2D eigenvalue weighted by Gasteiger charge is -2.04. The number of hydrogen-bond donors (Lipinski definition) is 0. The summed E-state index contributed by atoms with van der Waals surface area (Å²) in [4.78, 5) is 13.0. The van der Waals surface area contributed by atoms with Gasteiger partial charge in [0.15, 0.2) is 21.1 Å². The van der Waals surface area contributed by atoms with E-state index in [0.717, 1.165) is 27.4 Å². The standard InChI is InChI=1S/C16H13N7S2/c1-2-23-14(12-10-17-8-9-18-12)20-21-15(23)24-16-19-13(22-25-16)11-6-4-3-5-7-11/h3-10H,2H2,1H3. The van der Waals surface area contributed by atoms with Crippen LogP contribution in [0.25, 0.3) is 22.9 Å². The number of aromatic nitrogens is 7. The van der Waals surface area contributed by atoms with E-state index in [-0.39, 0.29) is 0 Å². The molecule has 0 bridgehead atoms. The first kappa shape index (κ1) is 15.9. The summed E-state index contributed by atoms with van der Waals surface area (Å²) in [7, 11) is 0. The quantitative estimate of drug-likeness (QED) is 0.534. The van der Waals surface area contributed by atoms with Gasteiger partial charge in [-0.3, -0.25) is 4.98 Å². The molecule has 9 heteroatoms. The molecule has 0 saturated heterocycles. The van der Waals surface area contributed by atoms with Gasteiger partial charge in [-0.1, -0.05) is 30.3 Å². The Bertz CT molecular complexity index is 967. The molecule has 0 atom stereocenters. The summed E-state index contributed by atoms with van der Waals surface area (Å²) in [6, 6.07) is 9.92. The Morgan fingerprint density at radius 1 is 1.12 bits per heavy atom. The smallest absolute Gasteiger partial charge is 0.198 e. The predicted molar refractivity (Wildman–Crippen MR) is 96.2 cm³/mol. The van der Waals surface area contributed by atoms with E-state index in [1.807, 2.05) is 41.8 Å². The molecule has 0 fully saturated rings. The Morgan fingerprint density at radius 2 is 2.00 bits per heavy atom. The van der Waals surface area contributed by atoms with Crippen molar-refractivity contribution in [2.75, 3.05) is 0 Å². The van der Waals surface area contributed by atoms with E-state index in [1.165, 1.54) is 23.3 Å². The van der Waals surface area contributed by atoms with Crippen LogP contribution in [0.5, 0.6) is 0 Å². The highest BCUT2D eigenvalue weighted by atomic mass is 32.2. The summed E-state index contributed by atoms with van der Waals surface area (Å²) in [5.41, 5.74) is 1.70. The van der Waals surface area contributed by atoms with Crippen molar-refractivity contribution in [3.63, 3.8) is 0 Å². The van der Waals surface area contributed by atoms with Gasteiger partial charge in [-0.15, -0.1) is 10.2 Å². The van der Waals surface area contributed by atoms with Gasteiger partial charge in [0.1, 0.15) is 5.69 Å². The van der Waals surface area contributed by atoms with Gasteiger partial charge in [-0.05, 0) is 30.2 Å². The Morgan fingerprint density at radius 3 is 2.76 bits per heavy atom. The van der Waals surface area contributed by atoms with Gasteiger partial charge < -0.3 is 4.57 Å². The number of hydrogen-bond acceptors (Lipinski definition) is 8. The lowest BCUT2D eigenvalue weighted by Crippen LogP contribution is -2.00. The Hall–Kier alpha value is -2.65. The van der Waals surface area contributed by atoms with Gasteiger partial charge in [0.05, 0.1) is 6.20 Å². The Balaban J connectivity index is 1.62. The minimum atomic E-state index is 0.700. The molecule has 124 valence electrons. The first-order valence-corrected chi connectivity index (χ1v) is 9.20. The van der Waals surface area contributed by atoms with Crippen LogP contribution in [0.3, 0.4) is 0 Å². The maximum atomic E-state index is 4.59. The molecular weight excluding hydrogens is 354 g/mol. The van der Waals surface area contributed by atoms with Crippen LogP contribution in [0.1, 0.15) is 6.92 Å². The van der Waals surface area contributed by atoms with Crippen LogP contribution in [-0.2, 0) is 6.54 Å². The first-order valence-electron chi connectivity index (χ1n) is 7.61. The van der Waals surface area contributed by atoms with E-state index >= 15 is 0 Å². The fourth-order valence-corrected chi connectivity index (χ4v) is 3.91. The molecule has 0 saturated carbocycles. The maximum Gasteiger partial charge on any atom is 0.198 e. The van der Waals surface area contributed by atoms with Crippen molar-refractivity contribution in [1.82, 2.24) is 34.1 Å². The number of benzene rings is 1. The van der Waals surface area contributed by atoms with Crippen molar-refractivity contribution in [2.45, 2.75) is 23.0 Å². The highest BCUT2D eigenvalue weighted by Gasteiger charge is 2.17. The fraction of sp³-hybridized carbons (Fsp3) is 0.125. The molecule has 0 unspecified atom stereocenters. The first-order chi connectivity index (χ1) is 12.3. The van der Waals surface area contributed by atoms with E-state index in [9.17, 15) is 0 Å². The highest BCUT2D eigenvalue weighted by Crippen LogP contribution is 2.31. The number of rotatable bonds is 5. The van der Waals surface area contributed by atoms with E-state index < -0.39 is 0 Å². The molecule has 25 heavy (non-hydrogen) atoms. The molecule has 4 rings (SSSR count). The molecule has 0 radical (unpaired) electrons. The zero-order valence-corrected chi connectivity index (χ0v) is 14.9. The molecule has 0 aliphatic carbocycles. The molecule has 0 aliphatic heterocycles. The minimum absolute atomic E-state index is 0.700. The molecule has 4 aromatic rings. The van der Waals surface area contributed by atoms with E-state index in [2.05, 4.69) is 29.5 Å². The molecule has 3 aromatic heterocycles. The molecule has 3 heterocycles. The Kier molecular flexibility index (Phi) is 4.49. The van der Waals surface area contributed by atoms with Crippen molar-refractivity contribution in [2.24, 2.45) is 0 Å². The van der Waals surface area contributed by atoms with Gasteiger partial charge in [0.25, 0.3) is 0 Å². The normalized spacial score (nSPS) is 10.9. The summed E-state index contributed by atoms with van der Waals surface area (Å²) < 4.78 is 7.26. The fourth-order valence-electron chi connectivity index (χ4n) is 2.29. The monoisotopic (exact) mass is 367 g/mol. The average Bonchev–Trinajstić information content (AvgIpc) is 3.30. The van der Waals surface area contributed by atoms with E-state index in [4.69, 9.17) is 0 Å². The molecule has 0 aliphatic rings. The van der Waals surface area contributed by atoms with Gasteiger partial charge >= 0.3 is 0 Å². The van der Waals surface area contributed by atoms with Crippen LogP contribution in [0.15, 0.2) is 58.4 Å². The van der Waals surface area contributed by atoms with Crippen LogP contribution >= 0.6 is 23.3 Å². The van der Waals surface area contributed by atoms with Crippen LogP contribution in [0, 0.1) is 0 Å². The van der Waals surface area contributed by atoms with Crippen LogP contribution in [0.2, 0.25) is 0 Å². The van der Waals surface area contributed by atoms with Crippen LogP contribution in [-0.4, -0.2) is 34.1 Å². The van der Waals surface area contributed by atoms with Gasteiger partial charge in [-0.25, -0.2) is 9.97 Å². The van der Waals surface area contributed by atoms with Gasteiger partial charge in [0, 0.05) is 24.5 Å². The SMILES string of the molecule is CCn1c(Sc2nc(-c3ccccc3)ns2)nnc1-c1cnccn1. The summed E-state index contributed by atoms with van der Waals surface area (Å²) in [6.07, 6.45) is 4.97. The molecule has 0 spiro atoms. The second kappa shape index (κ2) is 7.08. The maximum absolute atomic E-state index is 4.59. The molecular formula is C16H13N7S2. The third-order valence-electron chi connectivity index (χ3n) is 3.44. The van der Waals surface area contributed by atoms with Crippen molar-refractivity contribution in [3.8, 4) is 22.9 Å². The third kappa shape index (κ3) is 3.28. The zero-order chi connectivity index (χ0) is 17.1. The second-order valence-corrected chi connectivity index (χ2v) is 6.96. The molecule has 0 N–H and O–H groups in total. The Labute approximate surface area is 152 Å². The summed E-state index contributed by atoms with van der Waals surface area (Å²) in [5.74, 6) is 1.43. The van der Waals surface area contributed by atoms with Crippen molar-refractivity contribution in [3.05, 3.63) is 48.9 Å². The summed E-state index contributed by atoms with van der Waals surface area (Å²) in [5, 5.41) is 9.31. The summed E-state index contributed by atoms with van der Waals surface area (Å²) >= 11 is 2.81. The van der Waals surface area contributed by atoms with Crippen molar-refractivity contribution in [1.29, 1.82) is 0 Å². The molecule has 1 aromatic carbocycles. The van der Waals surface area contributed by atoms with Crippen molar-refractivity contribution < 1.29 is 0 Å². The predicted octanol–water partition coefficient (Wildman–Crippen LogP) is 3.42. The zero-order valence-electron chi connectivity index (χ0n) is 13.3. The minimum Gasteiger partial charge on any atom is -0.301 e. The molecule has 7 nitrogen and oxygen atoms in total. The lowest BCUT2D eigenvalue weighted by atomic mass is 10.2.